The molecule has 0 bridgehead atoms. The number of anilines is 1. The van der Waals surface area contributed by atoms with Gasteiger partial charge in [0.15, 0.2) is 11.6 Å². The molecule has 5 heterocycles. The zero-order valence-corrected chi connectivity index (χ0v) is 50.3. The van der Waals surface area contributed by atoms with Gasteiger partial charge in [-0.1, -0.05) is 82.3 Å². The number of fused-ring (bicyclic) bond motifs is 1. The maximum Gasteiger partial charge on any atom is 0.396 e. The van der Waals surface area contributed by atoms with Gasteiger partial charge >= 0.3 is 7.60 Å². The van der Waals surface area contributed by atoms with Crippen molar-refractivity contribution in [3.05, 3.63) is 135 Å². The number of para-hydroxylation sites is 1. The highest BCUT2D eigenvalue weighted by molar-refractivity contribution is 7.70. The molecule has 9 rings (SSSR count). The molecule has 0 saturated carbocycles. The third kappa shape index (κ3) is 14.1. The van der Waals surface area contributed by atoms with Gasteiger partial charge in [-0.3, -0.25) is 47.8 Å². The number of nitrogens with zero attached hydrogens (tertiary/aromatic N) is 3. The Balaban J connectivity index is 0.803. The fourth-order valence-corrected chi connectivity index (χ4v) is 12.8. The highest BCUT2D eigenvalue weighted by Gasteiger charge is 2.46. The number of H-pyrrole nitrogens is 1. The van der Waals surface area contributed by atoms with Crippen LogP contribution < -0.4 is 36.6 Å². The fourth-order valence-electron chi connectivity index (χ4n) is 11.5. The first kappa shape index (κ1) is 62.4. The standard InChI is InChI=1S/C62H71FN9O12PS/c1-33-26-47(57(76)66-34(2)36-16-18-39(19-17-36)54-35(3)65-32-86-54)71(30-33)60(79)55(62(4,5)6)70-51(74)15-9-11-37-10-8-14-49(52(37)63)84-31-43(22-25-50(64)73)67-58(77)48-29-40-13-7-12-38-20-24-45(59(78)72(48)53(38)40)69-56(75)46-28-42-27-41(21-23-44(42)68-46)61(80)85(81,82)83/h7-8,10,12-14,16-19,21,23,27-28,32-34,43,45,47-48,55,68H,9,11,15,20,22,24-26,29-31H2,1-6H3,(H2,64,73)(H,66,76)(H,67,77)(H,69,75)(H,70,74)(H2,81,82,83)/t33-,34+,43+,45+,47+,48+,55-/m1/s1. The maximum absolute atomic E-state index is 16.3. The second kappa shape index (κ2) is 25.8. The van der Waals surface area contributed by atoms with Crippen molar-refractivity contribution in [1.82, 2.24) is 36.1 Å². The zero-order valence-electron chi connectivity index (χ0n) is 48.6. The summed E-state index contributed by atoms with van der Waals surface area (Å²) in [4.78, 5) is 139. The lowest BCUT2D eigenvalue weighted by atomic mass is 9.85. The molecule has 1 saturated heterocycles. The summed E-state index contributed by atoms with van der Waals surface area (Å²) in [7, 11) is -5.07. The van der Waals surface area contributed by atoms with Gasteiger partial charge < -0.3 is 51.4 Å². The van der Waals surface area contributed by atoms with Crippen LogP contribution in [0.3, 0.4) is 0 Å². The van der Waals surface area contributed by atoms with Crippen molar-refractivity contribution in [2.75, 3.05) is 18.1 Å². The van der Waals surface area contributed by atoms with Gasteiger partial charge in [-0.05, 0) is 122 Å². The average molecular weight is 1220 g/mol. The lowest BCUT2D eigenvalue weighted by Gasteiger charge is -2.35. The molecular weight excluding hydrogens is 1140 g/mol. The smallest absolute Gasteiger partial charge is 0.396 e. The van der Waals surface area contributed by atoms with E-state index in [1.165, 1.54) is 35.2 Å². The molecule has 0 aliphatic carbocycles. The van der Waals surface area contributed by atoms with Crippen molar-refractivity contribution < 1.29 is 61.8 Å². The van der Waals surface area contributed by atoms with Crippen LogP contribution >= 0.6 is 18.9 Å². The molecule has 4 aromatic carbocycles. The second-order valence-corrected chi connectivity index (χ2v) is 26.0. The topological polar surface area (TPSA) is 313 Å². The van der Waals surface area contributed by atoms with Crippen molar-refractivity contribution in [3.8, 4) is 16.2 Å². The first-order valence-electron chi connectivity index (χ1n) is 28.6. The summed E-state index contributed by atoms with van der Waals surface area (Å²) in [6, 6.07) is 18.1. The van der Waals surface area contributed by atoms with Gasteiger partial charge in [-0.25, -0.2) is 9.37 Å². The van der Waals surface area contributed by atoms with E-state index in [2.05, 4.69) is 31.2 Å². The van der Waals surface area contributed by atoms with Crippen LogP contribution in [-0.2, 0) is 52.6 Å². The normalized spacial score (nSPS) is 18.6. The Bertz CT molecular complexity index is 3670. The number of carbonyl (C=O) groups excluding carboxylic acids is 8. The summed E-state index contributed by atoms with van der Waals surface area (Å²) in [6.45, 7) is 11.4. The summed E-state index contributed by atoms with van der Waals surface area (Å²) in [5.74, 6) is -4.39. The summed E-state index contributed by atoms with van der Waals surface area (Å²) < 4.78 is 33.9. The molecule has 2 aromatic heterocycles. The molecule has 3 aliphatic heterocycles. The number of likely N-dealkylation sites (tertiary alicyclic amines) is 1. The van der Waals surface area contributed by atoms with E-state index in [1.54, 1.807) is 33.9 Å². The number of rotatable bonds is 22. The number of carbonyl (C=O) groups is 8. The minimum Gasteiger partial charge on any atom is -0.488 e. The van der Waals surface area contributed by atoms with Crippen LogP contribution in [-0.4, -0.2) is 115 Å². The van der Waals surface area contributed by atoms with Gasteiger partial charge in [0.1, 0.15) is 36.5 Å². The van der Waals surface area contributed by atoms with Gasteiger partial charge in [0.05, 0.1) is 33.9 Å². The maximum atomic E-state index is 16.3. The number of hydrogen-bond donors (Lipinski definition) is 8. The van der Waals surface area contributed by atoms with Crippen LogP contribution in [0.5, 0.6) is 5.75 Å². The third-order valence-electron chi connectivity index (χ3n) is 16.1. The van der Waals surface area contributed by atoms with Gasteiger partial charge in [0.25, 0.3) is 11.4 Å². The summed E-state index contributed by atoms with van der Waals surface area (Å²) in [5.41, 5.74) is 10.6. The van der Waals surface area contributed by atoms with Crippen molar-refractivity contribution >= 4 is 82.4 Å². The predicted molar refractivity (Wildman–Crippen MR) is 320 cm³/mol. The molecule has 9 N–H and O–H groups in total. The molecule has 0 spiro atoms. The second-order valence-electron chi connectivity index (χ2n) is 23.7. The molecule has 0 radical (unpaired) electrons. The molecular formula is C62H71FN9O12PS. The quantitative estimate of drug-likeness (QED) is 0.0323. The van der Waals surface area contributed by atoms with Gasteiger partial charge in [-0.2, -0.15) is 0 Å². The number of primary amides is 1. The summed E-state index contributed by atoms with van der Waals surface area (Å²) >= 11 is 1.56. The summed E-state index contributed by atoms with van der Waals surface area (Å²) in [5, 5.41) is 12.0. The van der Waals surface area contributed by atoms with E-state index in [0.29, 0.717) is 36.0 Å². The van der Waals surface area contributed by atoms with Crippen LogP contribution in [0.25, 0.3) is 21.3 Å². The predicted octanol–water partition coefficient (Wildman–Crippen LogP) is 6.86. The van der Waals surface area contributed by atoms with E-state index in [-0.39, 0.29) is 97.9 Å². The molecule has 1 fully saturated rings. The minimum atomic E-state index is -5.07. The Morgan fingerprint density at radius 2 is 1.65 bits per heavy atom. The Labute approximate surface area is 500 Å². The van der Waals surface area contributed by atoms with E-state index < -0.39 is 84.1 Å². The number of benzene rings is 4. The number of aryl methyl sites for hydroxylation is 3. The molecule has 454 valence electrons. The first-order chi connectivity index (χ1) is 40.7. The van der Waals surface area contributed by atoms with Crippen molar-refractivity contribution in [2.24, 2.45) is 17.1 Å². The molecule has 21 nitrogen and oxygen atoms in total. The van der Waals surface area contributed by atoms with Crippen molar-refractivity contribution in [1.29, 1.82) is 0 Å². The van der Waals surface area contributed by atoms with E-state index in [4.69, 9.17) is 10.5 Å². The molecule has 0 unspecified atom stereocenters. The van der Waals surface area contributed by atoms with E-state index in [9.17, 15) is 52.7 Å². The lowest BCUT2D eigenvalue weighted by Crippen LogP contribution is -2.57. The fraction of sp³-hybridized carbons (Fsp3) is 0.403. The van der Waals surface area contributed by atoms with E-state index in [0.717, 1.165) is 32.8 Å². The molecule has 3 aliphatic rings. The van der Waals surface area contributed by atoms with E-state index >= 15 is 4.39 Å². The number of nitrogens with one attached hydrogen (secondary N) is 5. The molecule has 7 amide bonds. The minimum absolute atomic E-state index is 0.000478. The third-order valence-corrected chi connectivity index (χ3v) is 17.9. The van der Waals surface area contributed by atoms with Crippen molar-refractivity contribution in [2.45, 2.75) is 136 Å². The largest absolute Gasteiger partial charge is 0.488 e. The van der Waals surface area contributed by atoms with Gasteiger partial charge in [0, 0.05) is 42.3 Å². The average Bonchev–Trinajstić information content (AvgIpc) is 1.69. The Morgan fingerprint density at radius 1 is 0.930 bits per heavy atom. The number of nitrogens with two attached hydrogens (primary N) is 1. The number of halogens is 1. The molecule has 86 heavy (non-hydrogen) atoms. The van der Waals surface area contributed by atoms with E-state index in [1.807, 2.05) is 84.0 Å². The number of amides is 7. The van der Waals surface area contributed by atoms with Crippen molar-refractivity contribution in [3.63, 3.8) is 0 Å². The zero-order chi connectivity index (χ0) is 61.9. The highest BCUT2D eigenvalue weighted by Crippen LogP contribution is 2.41. The number of thiazole rings is 1. The van der Waals surface area contributed by atoms with Crippen LogP contribution in [0.1, 0.15) is 128 Å². The van der Waals surface area contributed by atoms with Crippen LogP contribution in [0.15, 0.2) is 90.4 Å². The number of hydrogen-bond acceptors (Lipinski definition) is 12. The SMILES string of the molecule is Cc1ncsc1-c1ccc([C@H](C)NC(=O)[C@@H]2C[C@@H](C)CN2C(=O)[C@@H](NC(=O)CCCc2cccc(OC[C@H](CCC(N)=O)NC(=O)[C@@H]3Cc4cccc5c4N3C(=O)[C@@H](NC(=O)c3cc4cc(C(=O)P(=O)(O)O)ccc4[nH]3)CC5)c2F)C(C)(C)C)cc1. The Morgan fingerprint density at radius 3 is 2.35 bits per heavy atom. The number of ether oxygens (including phenoxy) is 1. The van der Waals surface area contributed by atoms with Crippen LogP contribution in [0, 0.1) is 24.1 Å². The van der Waals surface area contributed by atoms with Crippen LogP contribution in [0.4, 0.5) is 10.1 Å². The molecule has 7 atom stereocenters. The number of aromatic nitrogens is 2. The van der Waals surface area contributed by atoms with Gasteiger partial charge in [0.2, 0.25) is 35.4 Å². The van der Waals surface area contributed by atoms with Crippen LogP contribution in [0.2, 0.25) is 0 Å². The number of aromatic amines is 1. The summed E-state index contributed by atoms with van der Waals surface area (Å²) in [6.07, 6.45) is 1.21. The lowest BCUT2D eigenvalue weighted by molar-refractivity contribution is -0.144. The highest BCUT2D eigenvalue weighted by atomic mass is 32.1. The van der Waals surface area contributed by atoms with Gasteiger partial charge in [-0.15, -0.1) is 11.3 Å². The Kier molecular flexibility index (Phi) is 18.8. The molecule has 6 aromatic rings. The molecule has 24 heteroatoms. The monoisotopic (exact) mass is 1220 g/mol. The Hall–Kier alpha value is -8.11. The first-order valence-corrected chi connectivity index (χ1v) is 31.1.